The summed E-state index contributed by atoms with van der Waals surface area (Å²) in [5, 5.41) is 4.32. The summed E-state index contributed by atoms with van der Waals surface area (Å²) in [6.45, 7) is 0. The molecular formula is C23H15ClN2O2S. The van der Waals surface area contributed by atoms with Crippen molar-refractivity contribution in [3.8, 4) is 0 Å². The molecule has 5 rings (SSSR count). The van der Waals surface area contributed by atoms with E-state index in [1.807, 2.05) is 72.8 Å². The Morgan fingerprint density at radius 2 is 1.76 bits per heavy atom. The Kier molecular flexibility index (Phi) is 4.54. The van der Waals surface area contributed by atoms with E-state index in [1.54, 1.807) is 0 Å². The first-order valence-corrected chi connectivity index (χ1v) is 10.3. The Hall–Kier alpha value is -3.15. The third-order valence-electron chi connectivity index (χ3n) is 4.65. The summed E-state index contributed by atoms with van der Waals surface area (Å²) in [7, 11) is 0. The number of amides is 1. The second-order valence-corrected chi connectivity index (χ2v) is 8.07. The quantitative estimate of drug-likeness (QED) is 0.360. The van der Waals surface area contributed by atoms with Gasteiger partial charge in [-0.3, -0.25) is 4.79 Å². The maximum atomic E-state index is 12.7. The fraction of sp³-hybridized carbons (Fsp3) is 0.0435. The van der Waals surface area contributed by atoms with Gasteiger partial charge in [0.25, 0.3) is 5.91 Å². The van der Waals surface area contributed by atoms with Crippen LogP contribution < -0.4 is 5.32 Å². The smallest absolute Gasteiger partial charge is 0.267 e. The maximum absolute atomic E-state index is 12.7. The first kappa shape index (κ1) is 17.9. The predicted octanol–water partition coefficient (Wildman–Crippen LogP) is 6.54. The second-order valence-electron chi connectivity index (χ2n) is 6.64. The fourth-order valence-corrected chi connectivity index (χ4v) is 4.64. The summed E-state index contributed by atoms with van der Waals surface area (Å²) in [6.07, 6.45) is 0.588. The van der Waals surface area contributed by atoms with Crippen LogP contribution in [-0.4, -0.2) is 10.9 Å². The van der Waals surface area contributed by atoms with Gasteiger partial charge >= 0.3 is 0 Å². The lowest BCUT2D eigenvalue weighted by molar-refractivity contribution is 0.103. The van der Waals surface area contributed by atoms with Gasteiger partial charge < -0.3 is 9.73 Å². The summed E-state index contributed by atoms with van der Waals surface area (Å²) < 4.78 is 6.77. The molecule has 0 radical (unpaired) electrons. The number of halogens is 1. The molecule has 1 N–H and O–H groups in total. The van der Waals surface area contributed by atoms with Crippen molar-refractivity contribution in [1.29, 1.82) is 0 Å². The van der Waals surface area contributed by atoms with Gasteiger partial charge in [-0.2, -0.15) is 0 Å². The van der Waals surface area contributed by atoms with Crippen molar-refractivity contribution in [3.05, 3.63) is 94.2 Å². The minimum Gasteiger partial charge on any atom is -0.440 e. The third kappa shape index (κ3) is 3.50. The van der Waals surface area contributed by atoms with E-state index in [0.29, 0.717) is 27.9 Å². The van der Waals surface area contributed by atoms with Crippen LogP contribution in [0.1, 0.15) is 21.1 Å². The molecule has 3 aromatic carbocycles. The number of para-hydroxylation sites is 2. The van der Waals surface area contributed by atoms with Crippen LogP contribution in [0.15, 0.2) is 77.2 Å². The van der Waals surface area contributed by atoms with Crippen molar-refractivity contribution in [1.82, 2.24) is 4.98 Å². The molecule has 0 fully saturated rings. The number of carbonyl (C=O) groups is 1. The number of carbonyl (C=O) groups excluding carboxylic acids is 1. The number of oxazole rings is 1. The summed E-state index contributed by atoms with van der Waals surface area (Å²) in [5.41, 5.74) is 3.40. The van der Waals surface area contributed by atoms with Crippen LogP contribution in [-0.2, 0) is 6.42 Å². The molecule has 1 amide bonds. The number of benzene rings is 3. The number of thiophene rings is 1. The number of hydrogen-bond donors (Lipinski definition) is 1. The van der Waals surface area contributed by atoms with Crippen molar-refractivity contribution < 1.29 is 9.21 Å². The van der Waals surface area contributed by atoms with Crippen LogP contribution in [0.2, 0.25) is 5.02 Å². The normalized spacial score (nSPS) is 11.2. The molecular weight excluding hydrogens is 404 g/mol. The number of aromatic nitrogens is 1. The Balaban J connectivity index is 1.32. The van der Waals surface area contributed by atoms with Crippen molar-refractivity contribution in [2.24, 2.45) is 0 Å². The zero-order valence-corrected chi connectivity index (χ0v) is 16.8. The zero-order valence-electron chi connectivity index (χ0n) is 15.2. The number of hydrogen-bond acceptors (Lipinski definition) is 4. The Morgan fingerprint density at radius 1 is 1.00 bits per heavy atom. The molecule has 0 aliphatic carbocycles. The van der Waals surface area contributed by atoms with E-state index < -0.39 is 0 Å². The molecule has 0 spiro atoms. The third-order valence-corrected chi connectivity index (χ3v) is 6.32. The molecule has 0 saturated heterocycles. The van der Waals surface area contributed by atoms with Gasteiger partial charge in [0.1, 0.15) is 10.4 Å². The van der Waals surface area contributed by atoms with Crippen LogP contribution >= 0.6 is 22.9 Å². The Bertz CT molecular complexity index is 1310. The molecule has 2 heterocycles. The second kappa shape index (κ2) is 7.35. The largest absolute Gasteiger partial charge is 0.440 e. The summed E-state index contributed by atoms with van der Waals surface area (Å²) >= 11 is 7.79. The lowest BCUT2D eigenvalue weighted by atomic mass is 10.1. The van der Waals surface area contributed by atoms with Gasteiger partial charge in [-0.05, 0) is 35.9 Å². The molecule has 0 unspecified atom stereocenters. The summed E-state index contributed by atoms with van der Waals surface area (Å²) in [4.78, 5) is 17.7. The average molecular weight is 419 g/mol. The van der Waals surface area contributed by atoms with Gasteiger partial charge in [0, 0.05) is 22.2 Å². The number of rotatable bonds is 4. The highest BCUT2D eigenvalue weighted by Gasteiger charge is 2.17. The summed E-state index contributed by atoms with van der Waals surface area (Å²) in [5.74, 6) is 0.461. The maximum Gasteiger partial charge on any atom is 0.267 e. The Morgan fingerprint density at radius 3 is 2.55 bits per heavy atom. The van der Waals surface area contributed by atoms with Crippen molar-refractivity contribution in [2.75, 3.05) is 5.32 Å². The molecule has 0 atom stereocenters. The molecule has 29 heavy (non-hydrogen) atoms. The van der Waals surface area contributed by atoms with Gasteiger partial charge in [-0.15, -0.1) is 11.3 Å². The molecule has 4 nitrogen and oxygen atoms in total. The van der Waals surface area contributed by atoms with E-state index in [2.05, 4.69) is 10.3 Å². The molecule has 0 aliphatic heterocycles. The molecule has 0 aliphatic rings. The first-order chi connectivity index (χ1) is 14.2. The molecule has 0 bridgehead atoms. The molecule has 5 aromatic rings. The standard InChI is InChI=1S/C23H15ClN2O2S/c24-21-16-5-1-4-8-19(16)29-22(21)23(27)25-15-11-9-14(10-12-15)13-20-26-17-6-2-3-7-18(17)28-20/h1-12H,13H2,(H,25,27). The monoisotopic (exact) mass is 418 g/mol. The highest BCUT2D eigenvalue weighted by Crippen LogP contribution is 2.35. The van der Waals surface area contributed by atoms with Crippen molar-refractivity contribution in [2.45, 2.75) is 6.42 Å². The van der Waals surface area contributed by atoms with E-state index in [0.717, 1.165) is 26.7 Å². The van der Waals surface area contributed by atoms with Gasteiger partial charge in [0.15, 0.2) is 11.5 Å². The fourth-order valence-electron chi connectivity index (χ4n) is 3.22. The van der Waals surface area contributed by atoms with Crippen LogP contribution in [0, 0.1) is 0 Å². The van der Waals surface area contributed by atoms with E-state index in [4.69, 9.17) is 16.0 Å². The number of anilines is 1. The van der Waals surface area contributed by atoms with E-state index >= 15 is 0 Å². The molecule has 142 valence electrons. The number of nitrogens with one attached hydrogen (secondary N) is 1. The van der Waals surface area contributed by atoms with Crippen LogP contribution in [0.5, 0.6) is 0 Å². The lowest BCUT2D eigenvalue weighted by Gasteiger charge is -2.05. The molecule has 0 saturated carbocycles. The lowest BCUT2D eigenvalue weighted by Crippen LogP contribution is -2.10. The minimum absolute atomic E-state index is 0.206. The SMILES string of the molecule is O=C(Nc1ccc(Cc2nc3ccccc3o2)cc1)c1sc2ccccc2c1Cl. The van der Waals surface area contributed by atoms with Gasteiger partial charge in [0.05, 0.1) is 5.02 Å². The van der Waals surface area contributed by atoms with Crippen molar-refractivity contribution in [3.63, 3.8) is 0 Å². The first-order valence-electron chi connectivity index (χ1n) is 9.09. The number of nitrogens with zero attached hydrogens (tertiary/aromatic N) is 1. The summed E-state index contributed by atoms with van der Waals surface area (Å²) in [6, 6.07) is 23.1. The van der Waals surface area contributed by atoms with Crippen LogP contribution in [0.3, 0.4) is 0 Å². The molecule has 6 heteroatoms. The van der Waals surface area contributed by atoms with Gasteiger partial charge in [0.2, 0.25) is 0 Å². The number of fused-ring (bicyclic) bond motifs is 2. The average Bonchev–Trinajstić information content (AvgIpc) is 3.30. The highest BCUT2D eigenvalue weighted by atomic mass is 35.5. The van der Waals surface area contributed by atoms with E-state index in [9.17, 15) is 4.79 Å². The van der Waals surface area contributed by atoms with Gasteiger partial charge in [-0.1, -0.05) is 54.1 Å². The van der Waals surface area contributed by atoms with E-state index in [1.165, 1.54) is 11.3 Å². The van der Waals surface area contributed by atoms with E-state index in [-0.39, 0.29) is 5.91 Å². The zero-order chi connectivity index (χ0) is 19.8. The Labute approximate surface area is 175 Å². The van der Waals surface area contributed by atoms with Crippen LogP contribution in [0.4, 0.5) is 5.69 Å². The molecule has 2 aromatic heterocycles. The van der Waals surface area contributed by atoms with Gasteiger partial charge in [-0.25, -0.2) is 4.98 Å². The van der Waals surface area contributed by atoms with Crippen molar-refractivity contribution >= 4 is 55.7 Å². The van der Waals surface area contributed by atoms with Crippen LogP contribution in [0.25, 0.3) is 21.2 Å². The highest BCUT2D eigenvalue weighted by molar-refractivity contribution is 7.21. The predicted molar refractivity (Wildman–Crippen MR) is 118 cm³/mol. The minimum atomic E-state index is -0.206. The topological polar surface area (TPSA) is 55.1 Å².